The predicted octanol–water partition coefficient (Wildman–Crippen LogP) is 4.86. The number of likely N-dealkylation sites (N-methyl/N-ethyl adjacent to an activating group) is 1. The largest absolute Gasteiger partial charge is 0.367 e. The topological polar surface area (TPSA) is 65.8 Å². The van der Waals surface area contributed by atoms with Crippen molar-refractivity contribution in [1.82, 2.24) is 14.4 Å². The maximum atomic E-state index is 14.4. The summed E-state index contributed by atoms with van der Waals surface area (Å²) in [5.41, 5.74) is 6.00. The molecule has 0 bridgehead atoms. The van der Waals surface area contributed by atoms with E-state index >= 15 is 0 Å². The molecule has 33 heavy (non-hydrogen) atoms. The van der Waals surface area contributed by atoms with Gasteiger partial charge in [-0.1, -0.05) is 11.1 Å². The highest BCUT2D eigenvalue weighted by molar-refractivity contribution is 7.80. The molecular weight excluding hydrogens is 439 g/mol. The Bertz CT molecular complexity index is 1240. The Kier molecular flexibility index (Phi) is 6.60. The van der Waals surface area contributed by atoms with E-state index in [9.17, 15) is 9.18 Å². The summed E-state index contributed by atoms with van der Waals surface area (Å²) in [5, 5.41) is 2.81. The molecule has 4 heterocycles. The summed E-state index contributed by atoms with van der Waals surface area (Å²) in [7, 11) is 0. The minimum absolute atomic E-state index is 0.237. The highest BCUT2D eigenvalue weighted by Gasteiger charge is 2.29. The lowest BCUT2D eigenvalue weighted by molar-refractivity contribution is 0.257. The molecule has 0 aliphatic carbocycles. The van der Waals surface area contributed by atoms with Gasteiger partial charge in [-0.05, 0) is 40.2 Å². The minimum atomic E-state index is -0.485. The smallest absolute Gasteiger partial charge is 0.327 e. The molecule has 3 aromatic rings. The number of fused-ring (bicyclic) bond motifs is 2. The molecule has 2 amide bonds. The molecule has 4 rings (SSSR count). The van der Waals surface area contributed by atoms with Gasteiger partial charge in [-0.25, -0.2) is 19.2 Å². The molecule has 9 heteroatoms. The van der Waals surface area contributed by atoms with Crippen molar-refractivity contribution < 1.29 is 9.18 Å². The lowest BCUT2D eigenvalue weighted by Crippen LogP contribution is -2.34. The van der Waals surface area contributed by atoms with Crippen LogP contribution >= 0.6 is 12.6 Å². The number of carbonyl (C=O) groups excluding carboxylic acids is 1. The molecule has 1 N–H and O–H groups in total. The number of anilines is 3. The Balaban J connectivity index is 1.58. The van der Waals surface area contributed by atoms with E-state index in [2.05, 4.69) is 53.6 Å². The molecule has 0 saturated carbocycles. The van der Waals surface area contributed by atoms with Gasteiger partial charge in [0.15, 0.2) is 11.5 Å². The van der Waals surface area contributed by atoms with E-state index in [1.807, 2.05) is 6.07 Å². The first kappa shape index (κ1) is 23.1. The number of carbonyl (C=O) groups is 1. The van der Waals surface area contributed by atoms with Gasteiger partial charge in [-0.15, -0.1) is 0 Å². The highest BCUT2D eigenvalue weighted by atomic mass is 32.1. The summed E-state index contributed by atoms with van der Waals surface area (Å²) in [6, 6.07) is 2.97. The fourth-order valence-electron chi connectivity index (χ4n) is 4.13. The number of rotatable bonds is 6. The third kappa shape index (κ3) is 4.55. The third-order valence-electron chi connectivity index (χ3n) is 6.09. The Morgan fingerprint density at radius 2 is 2.09 bits per heavy atom. The van der Waals surface area contributed by atoms with Gasteiger partial charge in [0.2, 0.25) is 0 Å². The summed E-state index contributed by atoms with van der Waals surface area (Å²) in [4.78, 5) is 25.7. The minimum Gasteiger partial charge on any atom is -0.367 e. The molecule has 0 radical (unpaired) electrons. The molecule has 1 aliphatic rings. The van der Waals surface area contributed by atoms with E-state index in [1.165, 1.54) is 17.2 Å². The van der Waals surface area contributed by atoms with Crippen LogP contribution in [-0.2, 0) is 6.42 Å². The zero-order valence-electron chi connectivity index (χ0n) is 19.4. The number of hydrogen-bond donors (Lipinski definition) is 2. The number of aryl methyl sites for hydroxylation is 1. The van der Waals surface area contributed by atoms with Crippen molar-refractivity contribution in [3.8, 4) is 0 Å². The Hall–Kier alpha value is -3.07. The lowest BCUT2D eigenvalue weighted by atomic mass is 10.1. The van der Waals surface area contributed by atoms with Crippen LogP contribution in [0, 0.1) is 12.7 Å². The maximum Gasteiger partial charge on any atom is 0.327 e. The molecule has 0 spiro atoms. The first-order valence-electron chi connectivity index (χ1n) is 11.0. The molecule has 3 aromatic heterocycles. The zero-order valence-corrected chi connectivity index (χ0v) is 20.3. The monoisotopic (exact) mass is 468 g/mol. The number of urea groups is 1. The van der Waals surface area contributed by atoms with Crippen LogP contribution in [-0.4, -0.2) is 45.8 Å². The molecular formula is C24H29FN6OS. The molecule has 0 aromatic carbocycles. The second-order valence-electron chi connectivity index (χ2n) is 8.39. The molecule has 0 fully saturated rings. The second kappa shape index (κ2) is 9.43. The number of imidazole rings is 1. The number of halogens is 1. The summed E-state index contributed by atoms with van der Waals surface area (Å²) >= 11 is 4.40. The normalized spacial score (nSPS) is 13.8. The van der Waals surface area contributed by atoms with E-state index in [0.717, 1.165) is 30.1 Å². The fraction of sp³-hybridized carbons (Fsp3) is 0.375. The summed E-state index contributed by atoms with van der Waals surface area (Å²) in [6.45, 7) is 10.3. The average Bonchev–Trinajstić information content (AvgIpc) is 3.40. The third-order valence-corrected chi connectivity index (χ3v) is 6.56. The number of nitrogens with zero attached hydrogens (tertiary/aromatic N) is 5. The number of aromatic nitrogens is 3. The average molecular weight is 469 g/mol. The van der Waals surface area contributed by atoms with Gasteiger partial charge >= 0.3 is 6.03 Å². The van der Waals surface area contributed by atoms with Crippen LogP contribution in [0.1, 0.15) is 32.0 Å². The SMILES string of the molecule is CCN(C/C(C)=C(/C)CS)c1ccnc2c1CCN2C(=O)Nc1cc(F)c2nc(C)cn2c1. The first-order chi connectivity index (χ1) is 15.8. The van der Waals surface area contributed by atoms with E-state index in [4.69, 9.17) is 0 Å². The molecule has 174 valence electrons. The highest BCUT2D eigenvalue weighted by Crippen LogP contribution is 2.34. The van der Waals surface area contributed by atoms with Crippen molar-refractivity contribution in [2.24, 2.45) is 0 Å². The van der Waals surface area contributed by atoms with Crippen LogP contribution in [0.5, 0.6) is 0 Å². The van der Waals surface area contributed by atoms with Crippen LogP contribution < -0.4 is 15.1 Å². The molecule has 0 atom stereocenters. The van der Waals surface area contributed by atoms with Crippen molar-refractivity contribution in [2.75, 3.05) is 40.5 Å². The number of hydrogen-bond acceptors (Lipinski definition) is 5. The van der Waals surface area contributed by atoms with Crippen molar-refractivity contribution in [3.63, 3.8) is 0 Å². The quantitative estimate of drug-likeness (QED) is 0.400. The lowest BCUT2D eigenvalue weighted by Gasteiger charge is -2.26. The molecule has 0 unspecified atom stereocenters. The molecule has 1 aliphatic heterocycles. The van der Waals surface area contributed by atoms with E-state index in [1.54, 1.807) is 34.8 Å². The van der Waals surface area contributed by atoms with Gasteiger partial charge in [0.1, 0.15) is 5.82 Å². The van der Waals surface area contributed by atoms with Crippen molar-refractivity contribution >= 4 is 41.5 Å². The standard InChI is InChI=1S/C24H29FN6OS/c1-5-29(11-15(2)16(3)14-33)21-6-8-26-22-19(21)7-9-31(22)24(32)28-18-10-20(25)23-27-17(4)12-30(23)13-18/h6,8,10,12-13,33H,5,7,9,11,14H2,1-4H3,(H,28,32)/b16-15-. The number of amides is 2. The van der Waals surface area contributed by atoms with Gasteiger partial charge in [0.25, 0.3) is 0 Å². The van der Waals surface area contributed by atoms with Gasteiger partial charge in [0.05, 0.1) is 11.4 Å². The van der Waals surface area contributed by atoms with Crippen LogP contribution in [0.25, 0.3) is 5.65 Å². The van der Waals surface area contributed by atoms with E-state index < -0.39 is 5.82 Å². The Morgan fingerprint density at radius 3 is 2.82 bits per heavy atom. The van der Waals surface area contributed by atoms with Crippen LogP contribution in [0.15, 0.2) is 41.9 Å². The van der Waals surface area contributed by atoms with Crippen LogP contribution in [0.4, 0.5) is 26.4 Å². The molecule has 0 saturated heterocycles. The number of thiol groups is 1. The Morgan fingerprint density at radius 1 is 1.30 bits per heavy atom. The van der Waals surface area contributed by atoms with Crippen molar-refractivity contribution in [2.45, 2.75) is 34.1 Å². The molecule has 7 nitrogen and oxygen atoms in total. The van der Waals surface area contributed by atoms with Gasteiger partial charge < -0.3 is 14.6 Å². The zero-order chi connectivity index (χ0) is 23.7. The summed E-state index contributed by atoms with van der Waals surface area (Å²) in [5.74, 6) is 0.897. The Labute approximate surface area is 198 Å². The summed E-state index contributed by atoms with van der Waals surface area (Å²) in [6.07, 6.45) is 5.84. The van der Waals surface area contributed by atoms with Crippen molar-refractivity contribution in [3.05, 3.63) is 58.9 Å². The van der Waals surface area contributed by atoms with E-state index in [-0.39, 0.29) is 11.7 Å². The second-order valence-corrected chi connectivity index (χ2v) is 8.70. The van der Waals surface area contributed by atoms with Crippen molar-refractivity contribution in [1.29, 1.82) is 0 Å². The number of nitrogens with one attached hydrogen (secondary N) is 1. The van der Waals surface area contributed by atoms with E-state index in [0.29, 0.717) is 30.2 Å². The number of pyridine rings is 2. The van der Waals surface area contributed by atoms with Crippen LogP contribution in [0.2, 0.25) is 0 Å². The predicted molar refractivity (Wildman–Crippen MR) is 134 cm³/mol. The van der Waals surface area contributed by atoms with Gasteiger partial charge in [-0.2, -0.15) is 12.6 Å². The maximum absolute atomic E-state index is 14.4. The summed E-state index contributed by atoms with van der Waals surface area (Å²) < 4.78 is 16.0. The first-order valence-corrected chi connectivity index (χ1v) is 11.7. The van der Waals surface area contributed by atoms with Gasteiger partial charge in [0, 0.05) is 61.3 Å². The van der Waals surface area contributed by atoms with Crippen LogP contribution in [0.3, 0.4) is 0 Å². The fourth-order valence-corrected chi connectivity index (χ4v) is 4.40. The van der Waals surface area contributed by atoms with Gasteiger partial charge in [-0.3, -0.25) is 4.90 Å².